The molecule has 0 spiro atoms. The summed E-state index contributed by atoms with van der Waals surface area (Å²) < 4.78 is 5.51. The smallest absolute Gasteiger partial charge is 0.341 e. The highest BCUT2D eigenvalue weighted by Gasteiger charge is 2.24. The molecular formula is C11H12BrNO2. The number of benzene rings is 1. The topological polar surface area (TPSA) is 38.3 Å². The second-order valence-corrected chi connectivity index (χ2v) is 4.43. The Morgan fingerprint density at radius 1 is 1.53 bits per heavy atom. The van der Waals surface area contributed by atoms with Crippen molar-refractivity contribution in [2.45, 2.75) is 18.9 Å². The van der Waals surface area contributed by atoms with Gasteiger partial charge in [-0.15, -0.1) is 0 Å². The van der Waals surface area contributed by atoms with Crippen LogP contribution in [0.25, 0.3) is 0 Å². The third-order valence-electron chi connectivity index (χ3n) is 2.34. The molecule has 1 N–H and O–H groups in total. The van der Waals surface area contributed by atoms with Crippen molar-refractivity contribution in [1.29, 1.82) is 0 Å². The van der Waals surface area contributed by atoms with E-state index in [1.165, 1.54) is 20.0 Å². The maximum Gasteiger partial charge on any atom is 0.341 e. The van der Waals surface area contributed by atoms with E-state index in [0.717, 1.165) is 10.2 Å². The maximum absolute atomic E-state index is 11.6. The Morgan fingerprint density at radius 3 is 2.87 bits per heavy atom. The average Bonchev–Trinajstić information content (AvgIpc) is 3.01. The summed E-state index contributed by atoms with van der Waals surface area (Å²) >= 11 is 3.36. The van der Waals surface area contributed by atoms with Crippen LogP contribution in [0.15, 0.2) is 22.7 Å². The van der Waals surface area contributed by atoms with Crippen molar-refractivity contribution in [2.75, 3.05) is 12.4 Å². The maximum atomic E-state index is 11.6. The van der Waals surface area contributed by atoms with Crippen LogP contribution < -0.4 is 5.32 Å². The lowest BCUT2D eigenvalue weighted by atomic mass is 10.2. The molecule has 1 aliphatic rings. The number of carbonyl (C=O) groups is 1. The van der Waals surface area contributed by atoms with Gasteiger partial charge in [0.15, 0.2) is 0 Å². The first-order valence-corrected chi connectivity index (χ1v) is 5.65. The molecule has 0 heterocycles. The monoisotopic (exact) mass is 269 g/mol. The van der Waals surface area contributed by atoms with E-state index in [1.54, 1.807) is 0 Å². The Hall–Kier alpha value is -1.03. The van der Waals surface area contributed by atoms with Gasteiger partial charge in [0.25, 0.3) is 0 Å². The zero-order valence-electron chi connectivity index (χ0n) is 8.42. The summed E-state index contributed by atoms with van der Waals surface area (Å²) in [6.45, 7) is 0. The van der Waals surface area contributed by atoms with E-state index < -0.39 is 0 Å². The first-order valence-electron chi connectivity index (χ1n) is 4.85. The molecule has 1 aliphatic carbocycles. The minimum atomic E-state index is -0.314. The van der Waals surface area contributed by atoms with Gasteiger partial charge in [-0.25, -0.2) is 4.79 Å². The fourth-order valence-electron chi connectivity index (χ4n) is 1.40. The molecule has 0 aromatic heterocycles. The van der Waals surface area contributed by atoms with Crippen LogP contribution in [0.2, 0.25) is 0 Å². The van der Waals surface area contributed by atoms with Crippen LogP contribution in [0, 0.1) is 0 Å². The van der Waals surface area contributed by atoms with E-state index in [0.29, 0.717) is 11.6 Å². The molecule has 80 valence electrons. The summed E-state index contributed by atoms with van der Waals surface area (Å²) in [5.74, 6) is -0.314. The van der Waals surface area contributed by atoms with Gasteiger partial charge >= 0.3 is 5.97 Å². The predicted octanol–water partition coefficient (Wildman–Crippen LogP) is 2.81. The van der Waals surface area contributed by atoms with Crippen LogP contribution in [0.3, 0.4) is 0 Å². The van der Waals surface area contributed by atoms with Crippen LogP contribution in [0.1, 0.15) is 23.2 Å². The van der Waals surface area contributed by atoms with Gasteiger partial charge in [-0.3, -0.25) is 0 Å². The Bertz CT molecular complexity index is 388. The first-order chi connectivity index (χ1) is 7.22. The number of carbonyl (C=O) groups excluding carboxylic acids is 1. The van der Waals surface area contributed by atoms with Crippen molar-refractivity contribution >= 4 is 27.6 Å². The van der Waals surface area contributed by atoms with E-state index in [4.69, 9.17) is 4.74 Å². The van der Waals surface area contributed by atoms with Gasteiger partial charge in [0.1, 0.15) is 0 Å². The number of hydrogen-bond acceptors (Lipinski definition) is 3. The number of nitrogens with one attached hydrogen (secondary N) is 1. The zero-order valence-corrected chi connectivity index (χ0v) is 10.0. The standard InChI is InChI=1S/C11H12BrNO2/c1-15-11(14)10-8(12)3-2-4-9(10)13-7-5-6-7/h2-4,7,13H,5-6H2,1H3. The third-order valence-corrected chi connectivity index (χ3v) is 3.00. The molecule has 15 heavy (non-hydrogen) atoms. The molecule has 2 rings (SSSR count). The summed E-state index contributed by atoms with van der Waals surface area (Å²) in [5.41, 5.74) is 1.42. The summed E-state index contributed by atoms with van der Waals surface area (Å²) in [4.78, 5) is 11.6. The van der Waals surface area contributed by atoms with Crippen molar-refractivity contribution in [1.82, 2.24) is 0 Å². The molecule has 0 unspecified atom stereocenters. The normalized spacial score (nSPS) is 14.8. The molecule has 1 fully saturated rings. The minimum Gasteiger partial charge on any atom is -0.465 e. The molecule has 0 atom stereocenters. The van der Waals surface area contributed by atoms with Gasteiger partial charge < -0.3 is 10.1 Å². The summed E-state index contributed by atoms with van der Waals surface area (Å²) in [7, 11) is 1.39. The lowest BCUT2D eigenvalue weighted by molar-refractivity contribution is 0.0601. The van der Waals surface area contributed by atoms with Gasteiger partial charge in [0, 0.05) is 10.5 Å². The fourth-order valence-corrected chi connectivity index (χ4v) is 1.93. The molecule has 0 saturated heterocycles. The Balaban J connectivity index is 2.33. The number of rotatable bonds is 3. The average molecular weight is 270 g/mol. The van der Waals surface area contributed by atoms with Gasteiger partial charge in [-0.05, 0) is 40.9 Å². The second kappa shape index (κ2) is 4.23. The van der Waals surface area contributed by atoms with Crippen molar-refractivity contribution in [3.63, 3.8) is 0 Å². The van der Waals surface area contributed by atoms with E-state index in [1.807, 2.05) is 18.2 Å². The number of ether oxygens (including phenoxy) is 1. The summed E-state index contributed by atoms with van der Waals surface area (Å²) in [6, 6.07) is 6.16. The number of hydrogen-bond donors (Lipinski definition) is 1. The Labute approximate surface area is 96.9 Å². The largest absolute Gasteiger partial charge is 0.465 e. The van der Waals surface area contributed by atoms with Crippen LogP contribution in [0.5, 0.6) is 0 Å². The van der Waals surface area contributed by atoms with Crippen molar-refractivity contribution in [2.24, 2.45) is 0 Å². The van der Waals surface area contributed by atoms with Gasteiger partial charge in [0.05, 0.1) is 18.4 Å². The molecule has 1 aromatic carbocycles. The molecule has 1 aromatic rings. The molecule has 0 radical (unpaired) electrons. The Kier molecular flexibility index (Phi) is 2.95. The van der Waals surface area contributed by atoms with Crippen LogP contribution in [-0.2, 0) is 4.74 Å². The number of halogens is 1. The van der Waals surface area contributed by atoms with E-state index >= 15 is 0 Å². The van der Waals surface area contributed by atoms with Crippen molar-refractivity contribution in [3.05, 3.63) is 28.2 Å². The molecule has 0 aliphatic heterocycles. The minimum absolute atomic E-state index is 0.314. The van der Waals surface area contributed by atoms with Crippen LogP contribution in [0.4, 0.5) is 5.69 Å². The SMILES string of the molecule is COC(=O)c1c(Br)cccc1NC1CC1. The zero-order chi connectivity index (χ0) is 10.8. The van der Waals surface area contributed by atoms with E-state index in [2.05, 4.69) is 21.2 Å². The summed E-state index contributed by atoms with van der Waals surface area (Å²) in [5, 5.41) is 3.31. The molecule has 4 heteroatoms. The molecular weight excluding hydrogens is 258 g/mol. The van der Waals surface area contributed by atoms with Gasteiger partial charge in [-0.1, -0.05) is 6.07 Å². The number of anilines is 1. The lowest BCUT2D eigenvalue weighted by Gasteiger charge is -2.11. The molecule has 0 bridgehead atoms. The fraction of sp³-hybridized carbons (Fsp3) is 0.364. The first kappa shape index (κ1) is 10.5. The van der Waals surface area contributed by atoms with Crippen molar-refractivity contribution in [3.8, 4) is 0 Å². The van der Waals surface area contributed by atoms with Crippen LogP contribution >= 0.6 is 15.9 Å². The Morgan fingerprint density at radius 2 is 2.27 bits per heavy atom. The highest BCUT2D eigenvalue weighted by Crippen LogP contribution is 2.30. The van der Waals surface area contributed by atoms with Gasteiger partial charge in [-0.2, -0.15) is 0 Å². The van der Waals surface area contributed by atoms with Crippen molar-refractivity contribution < 1.29 is 9.53 Å². The quantitative estimate of drug-likeness (QED) is 0.858. The molecule has 0 amide bonds. The third kappa shape index (κ3) is 2.31. The highest BCUT2D eigenvalue weighted by atomic mass is 79.9. The molecule has 3 nitrogen and oxygen atoms in total. The van der Waals surface area contributed by atoms with E-state index in [9.17, 15) is 4.79 Å². The lowest BCUT2D eigenvalue weighted by Crippen LogP contribution is -2.10. The van der Waals surface area contributed by atoms with E-state index in [-0.39, 0.29) is 5.97 Å². The number of methoxy groups -OCH3 is 1. The molecule has 1 saturated carbocycles. The second-order valence-electron chi connectivity index (χ2n) is 3.57. The van der Waals surface area contributed by atoms with Gasteiger partial charge in [0.2, 0.25) is 0 Å². The van der Waals surface area contributed by atoms with Crippen LogP contribution in [-0.4, -0.2) is 19.1 Å². The highest BCUT2D eigenvalue weighted by molar-refractivity contribution is 9.10. The predicted molar refractivity (Wildman–Crippen MR) is 62.1 cm³/mol. The number of esters is 1. The summed E-state index contributed by atoms with van der Waals surface area (Å²) in [6.07, 6.45) is 2.35.